The second-order valence-corrected chi connectivity index (χ2v) is 10.1. The van der Waals surface area contributed by atoms with Crippen LogP contribution in [0.3, 0.4) is 0 Å². The van der Waals surface area contributed by atoms with Gasteiger partial charge in [0.05, 0.1) is 18.5 Å². The van der Waals surface area contributed by atoms with Crippen LogP contribution in [-0.2, 0) is 15.7 Å². The van der Waals surface area contributed by atoms with Crippen LogP contribution in [-0.4, -0.2) is 38.6 Å². The van der Waals surface area contributed by atoms with Crippen LogP contribution < -0.4 is 15.4 Å². The molecule has 0 bridgehead atoms. The molecule has 0 fully saturated rings. The van der Waals surface area contributed by atoms with Crippen LogP contribution in [0.25, 0.3) is 23.3 Å². The van der Waals surface area contributed by atoms with Gasteiger partial charge in [-0.2, -0.15) is 13.2 Å². The summed E-state index contributed by atoms with van der Waals surface area (Å²) >= 11 is 0. The molecule has 0 radical (unpaired) electrons. The smallest absolute Gasteiger partial charge is 0.416 e. The lowest BCUT2D eigenvalue weighted by Gasteiger charge is -2.13. The van der Waals surface area contributed by atoms with E-state index in [-0.39, 0.29) is 5.56 Å². The molecule has 3 aromatic rings. The number of hydrogen-bond acceptors (Lipinski definition) is 4. The molecule has 0 aliphatic rings. The third-order valence-corrected chi connectivity index (χ3v) is 6.40. The molecule has 44 heavy (non-hydrogen) atoms. The Labute approximate surface area is 257 Å². The summed E-state index contributed by atoms with van der Waals surface area (Å²) in [6.45, 7) is 8.42. The fourth-order valence-electron chi connectivity index (χ4n) is 4.09. The van der Waals surface area contributed by atoms with Crippen molar-refractivity contribution in [1.82, 2.24) is 5.32 Å². The van der Waals surface area contributed by atoms with Crippen molar-refractivity contribution < 1.29 is 27.4 Å². The standard InChI is InChI=1S/C35H40F3N3O3/c1-4-6-20-43-21-22-44-32-15-9-28(10-16-32)29-11-17-33(35(36,37)38)30(24-29)12-18-34(42)41-31-13-7-27(8-14-31)23-26(3)40-25-39-19-5-2/h7-18,23-25H,4-6,19-22H2,1-3H3,(H,39,40)(H,41,42)/b18-12+,26-23+. The van der Waals surface area contributed by atoms with E-state index in [2.05, 4.69) is 29.5 Å². The lowest BCUT2D eigenvalue weighted by molar-refractivity contribution is -0.137. The maximum atomic E-state index is 13.8. The van der Waals surface area contributed by atoms with Crippen LogP contribution in [0.5, 0.6) is 5.75 Å². The van der Waals surface area contributed by atoms with E-state index >= 15 is 0 Å². The average Bonchev–Trinajstić information content (AvgIpc) is 3.01. The molecule has 0 saturated heterocycles. The summed E-state index contributed by atoms with van der Waals surface area (Å²) in [6, 6.07) is 18.1. The van der Waals surface area contributed by atoms with Crippen molar-refractivity contribution >= 4 is 30.1 Å². The zero-order chi connectivity index (χ0) is 31.8. The highest BCUT2D eigenvalue weighted by Gasteiger charge is 2.32. The van der Waals surface area contributed by atoms with Crippen LogP contribution in [0.2, 0.25) is 0 Å². The second-order valence-electron chi connectivity index (χ2n) is 10.1. The average molecular weight is 608 g/mol. The number of unbranched alkanes of at least 4 members (excludes halogenated alkanes) is 1. The Balaban J connectivity index is 1.65. The zero-order valence-corrected chi connectivity index (χ0v) is 25.4. The molecule has 2 N–H and O–H groups in total. The number of anilines is 1. The molecule has 0 saturated carbocycles. The van der Waals surface area contributed by atoms with Crippen molar-refractivity contribution in [2.45, 2.75) is 46.2 Å². The monoisotopic (exact) mass is 607 g/mol. The number of carbonyl (C=O) groups excluding carboxylic acids is 1. The Morgan fingerprint density at radius 3 is 2.32 bits per heavy atom. The number of alkyl halides is 3. The fourth-order valence-corrected chi connectivity index (χ4v) is 4.09. The predicted octanol–water partition coefficient (Wildman–Crippen LogP) is 8.61. The molecule has 0 aliphatic carbocycles. The topological polar surface area (TPSA) is 72.0 Å². The van der Waals surface area contributed by atoms with Crippen molar-refractivity contribution in [3.63, 3.8) is 0 Å². The maximum Gasteiger partial charge on any atom is 0.416 e. The first-order valence-corrected chi connectivity index (χ1v) is 14.7. The minimum Gasteiger partial charge on any atom is -0.491 e. The molecule has 3 aromatic carbocycles. The number of nitrogens with zero attached hydrogens (tertiary/aromatic N) is 1. The highest BCUT2D eigenvalue weighted by Crippen LogP contribution is 2.35. The van der Waals surface area contributed by atoms with Gasteiger partial charge >= 0.3 is 6.18 Å². The SMILES string of the molecule is CCCCOCCOc1ccc(-c2ccc(C(F)(F)F)c(/C=C/C(=O)Nc3ccc(/C=C(\C)NC=NCCC)cc3)c2)cc1. The lowest BCUT2D eigenvalue weighted by Crippen LogP contribution is -2.09. The maximum absolute atomic E-state index is 13.8. The molecular formula is C35H40F3N3O3. The van der Waals surface area contributed by atoms with Crippen molar-refractivity contribution in [3.05, 3.63) is 95.2 Å². The lowest BCUT2D eigenvalue weighted by atomic mass is 9.98. The van der Waals surface area contributed by atoms with E-state index in [0.29, 0.717) is 36.8 Å². The Bertz CT molecular complexity index is 1410. The molecule has 6 nitrogen and oxygen atoms in total. The van der Waals surface area contributed by atoms with E-state index in [0.717, 1.165) is 54.8 Å². The molecule has 0 unspecified atom stereocenters. The summed E-state index contributed by atoms with van der Waals surface area (Å²) in [7, 11) is 0. The normalized spacial score (nSPS) is 12.2. The Kier molecular flexibility index (Phi) is 13.7. The van der Waals surface area contributed by atoms with Gasteiger partial charge in [-0.25, -0.2) is 0 Å². The van der Waals surface area contributed by atoms with Crippen LogP contribution in [0.15, 0.2) is 83.5 Å². The van der Waals surface area contributed by atoms with Crippen molar-refractivity contribution in [2.24, 2.45) is 4.99 Å². The summed E-state index contributed by atoms with van der Waals surface area (Å²) < 4.78 is 52.5. The fraction of sp³-hybridized carbons (Fsp3) is 0.314. The van der Waals surface area contributed by atoms with Gasteiger partial charge in [-0.15, -0.1) is 0 Å². The second kappa shape index (κ2) is 17.7. The van der Waals surface area contributed by atoms with Crippen molar-refractivity contribution in [1.29, 1.82) is 0 Å². The number of rotatable bonds is 16. The summed E-state index contributed by atoms with van der Waals surface area (Å²) in [4.78, 5) is 16.8. The van der Waals surface area contributed by atoms with Crippen LogP contribution in [0, 0.1) is 0 Å². The summed E-state index contributed by atoms with van der Waals surface area (Å²) in [5.74, 6) is 0.0984. The van der Waals surface area contributed by atoms with Gasteiger partial charge in [-0.3, -0.25) is 9.79 Å². The number of amides is 1. The van der Waals surface area contributed by atoms with E-state index in [1.54, 1.807) is 42.7 Å². The molecule has 0 aliphatic heterocycles. The Hall–Kier alpha value is -4.37. The molecular weight excluding hydrogens is 567 g/mol. The van der Waals surface area contributed by atoms with Crippen LogP contribution in [0.1, 0.15) is 56.7 Å². The summed E-state index contributed by atoms with van der Waals surface area (Å²) in [6.07, 6.45) is 4.34. The molecule has 0 aromatic heterocycles. The van der Waals surface area contributed by atoms with Gasteiger partial charge in [0.15, 0.2) is 0 Å². The molecule has 0 spiro atoms. The first-order valence-electron chi connectivity index (χ1n) is 14.7. The van der Waals surface area contributed by atoms with E-state index in [4.69, 9.17) is 9.47 Å². The number of halogens is 3. The quantitative estimate of drug-likeness (QED) is 0.0740. The largest absolute Gasteiger partial charge is 0.491 e. The summed E-state index contributed by atoms with van der Waals surface area (Å²) in [5.41, 5.74) is 2.70. The van der Waals surface area contributed by atoms with Gasteiger partial charge in [0.25, 0.3) is 0 Å². The highest BCUT2D eigenvalue weighted by atomic mass is 19.4. The number of aliphatic imine (C=N–C) groups is 1. The zero-order valence-electron chi connectivity index (χ0n) is 25.4. The minimum absolute atomic E-state index is 0.111. The van der Waals surface area contributed by atoms with Gasteiger partial charge in [0.1, 0.15) is 12.4 Å². The molecule has 9 heteroatoms. The Morgan fingerprint density at radius 1 is 0.909 bits per heavy atom. The van der Waals surface area contributed by atoms with Crippen LogP contribution >= 0.6 is 0 Å². The first-order chi connectivity index (χ1) is 21.2. The van der Waals surface area contributed by atoms with Gasteiger partial charge < -0.3 is 20.1 Å². The Morgan fingerprint density at radius 2 is 1.64 bits per heavy atom. The predicted molar refractivity (Wildman–Crippen MR) is 173 cm³/mol. The number of nitrogens with one attached hydrogen (secondary N) is 2. The van der Waals surface area contributed by atoms with E-state index < -0.39 is 17.6 Å². The van der Waals surface area contributed by atoms with Crippen LogP contribution in [0.4, 0.5) is 18.9 Å². The van der Waals surface area contributed by atoms with Gasteiger partial charge in [0, 0.05) is 30.6 Å². The number of allylic oxidation sites excluding steroid dienone is 1. The number of benzene rings is 3. The molecule has 1 amide bonds. The number of carbonyl (C=O) groups is 1. The van der Waals surface area contributed by atoms with E-state index in [1.807, 2.05) is 25.1 Å². The van der Waals surface area contributed by atoms with Gasteiger partial charge in [0.2, 0.25) is 5.91 Å². The first kappa shape index (κ1) is 34.1. The third-order valence-electron chi connectivity index (χ3n) is 6.40. The third kappa shape index (κ3) is 11.7. The summed E-state index contributed by atoms with van der Waals surface area (Å²) in [5, 5.41) is 5.79. The highest BCUT2D eigenvalue weighted by molar-refractivity contribution is 6.02. The molecule has 0 atom stereocenters. The number of hydrogen-bond donors (Lipinski definition) is 2. The minimum atomic E-state index is -4.58. The van der Waals surface area contributed by atoms with E-state index in [9.17, 15) is 18.0 Å². The van der Waals surface area contributed by atoms with Gasteiger partial charge in [-0.05, 0) is 90.6 Å². The van der Waals surface area contributed by atoms with Gasteiger partial charge in [-0.1, -0.05) is 50.6 Å². The van der Waals surface area contributed by atoms with E-state index in [1.165, 1.54) is 18.2 Å². The van der Waals surface area contributed by atoms with Crippen molar-refractivity contribution in [2.75, 3.05) is 31.7 Å². The molecule has 234 valence electrons. The number of ether oxygens (including phenoxy) is 2. The molecule has 0 heterocycles. The molecule has 3 rings (SSSR count). The van der Waals surface area contributed by atoms with Crippen molar-refractivity contribution in [3.8, 4) is 16.9 Å².